The average Bonchev–Trinajstić information content (AvgIpc) is 3.15. The number of allylic oxidation sites excluding steroid dienone is 1. The number of aryl methyl sites for hydroxylation is 1. The van der Waals surface area contributed by atoms with Crippen molar-refractivity contribution < 1.29 is 0 Å². The summed E-state index contributed by atoms with van der Waals surface area (Å²) in [5, 5.41) is 16.1. The fourth-order valence-electron chi connectivity index (χ4n) is 2.32. The molecule has 1 aromatic heterocycles. The van der Waals surface area contributed by atoms with E-state index in [1.165, 1.54) is 16.9 Å². The van der Waals surface area contributed by atoms with Gasteiger partial charge in [-0.1, -0.05) is 48.3 Å². The van der Waals surface area contributed by atoms with Gasteiger partial charge in [0.1, 0.15) is 16.6 Å². The molecule has 0 saturated carbocycles. The van der Waals surface area contributed by atoms with Crippen molar-refractivity contribution in [3.63, 3.8) is 0 Å². The Morgan fingerprint density at radius 1 is 1.19 bits per heavy atom. The minimum Gasteiger partial charge on any atom is -0.360 e. The molecule has 0 amide bonds. The van der Waals surface area contributed by atoms with E-state index in [9.17, 15) is 5.26 Å². The van der Waals surface area contributed by atoms with E-state index in [-0.39, 0.29) is 0 Å². The molecule has 3 aromatic rings. The summed E-state index contributed by atoms with van der Waals surface area (Å²) >= 11 is 13.4. The molecule has 0 aliphatic rings. The first kappa shape index (κ1) is 18.5. The minimum absolute atomic E-state index is 0.473. The molecule has 0 spiro atoms. The van der Waals surface area contributed by atoms with Crippen molar-refractivity contribution in [3.05, 3.63) is 74.7 Å². The van der Waals surface area contributed by atoms with Crippen molar-refractivity contribution >= 4 is 45.8 Å². The summed E-state index contributed by atoms with van der Waals surface area (Å²) in [5.41, 5.74) is 4.29. The highest BCUT2D eigenvalue weighted by Crippen LogP contribution is 2.30. The summed E-state index contributed by atoms with van der Waals surface area (Å²) < 4.78 is 0. The number of hydrogen-bond acceptors (Lipinski definition) is 4. The number of nitrogens with one attached hydrogen (secondary N) is 1. The van der Waals surface area contributed by atoms with Crippen LogP contribution in [-0.2, 0) is 6.42 Å². The van der Waals surface area contributed by atoms with E-state index in [1.807, 2.05) is 23.6 Å². The van der Waals surface area contributed by atoms with Gasteiger partial charge in [-0.25, -0.2) is 4.98 Å². The number of anilines is 1. The summed E-state index contributed by atoms with van der Waals surface area (Å²) in [6.45, 7) is 2.12. The molecule has 6 heteroatoms. The number of nitriles is 1. The molecule has 1 N–H and O–H groups in total. The quantitative estimate of drug-likeness (QED) is 0.488. The van der Waals surface area contributed by atoms with Crippen molar-refractivity contribution in [1.29, 1.82) is 5.26 Å². The summed E-state index contributed by atoms with van der Waals surface area (Å²) in [5.74, 6) is 0. The second-order valence-electron chi connectivity index (χ2n) is 5.53. The van der Waals surface area contributed by atoms with Crippen LogP contribution in [0.25, 0.3) is 16.8 Å². The topological polar surface area (TPSA) is 48.7 Å². The molecule has 26 heavy (non-hydrogen) atoms. The van der Waals surface area contributed by atoms with Crippen molar-refractivity contribution in [2.75, 3.05) is 5.32 Å². The van der Waals surface area contributed by atoms with Crippen LogP contribution in [0.4, 0.5) is 5.69 Å². The Bertz CT molecular complexity index is 985. The Hall–Kier alpha value is -2.32. The van der Waals surface area contributed by atoms with Crippen molar-refractivity contribution in [2.45, 2.75) is 13.3 Å². The van der Waals surface area contributed by atoms with E-state index < -0.39 is 0 Å². The Morgan fingerprint density at radius 2 is 1.96 bits per heavy atom. The predicted molar refractivity (Wildman–Crippen MR) is 111 cm³/mol. The van der Waals surface area contributed by atoms with Crippen LogP contribution in [0.1, 0.15) is 17.5 Å². The SMILES string of the molecule is CCc1ccc(N/C=C(/C#N)c2nc(-c3ccc(Cl)c(Cl)c3)cs2)cc1. The zero-order valence-electron chi connectivity index (χ0n) is 14.0. The van der Waals surface area contributed by atoms with Gasteiger partial charge in [-0.05, 0) is 36.2 Å². The van der Waals surface area contributed by atoms with Crippen LogP contribution in [0, 0.1) is 11.3 Å². The first-order valence-corrected chi connectivity index (χ1v) is 9.61. The molecule has 130 valence electrons. The van der Waals surface area contributed by atoms with Crippen molar-refractivity contribution in [3.8, 4) is 17.3 Å². The number of thiazole rings is 1. The largest absolute Gasteiger partial charge is 0.360 e. The van der Waals surface area contributed by atoms with Gasteiger partial charge in [-0.3, -0.25) is 0 Å². The normalized spacial score (nSPS) is 11.2. The van der Waals surface area contributed by atoms with E-state index in [2.05, 4.69) is 35.4 Å². The van der Waals surface area contributed by atoms with E-state index in [4.69, 9.17) is 23.2 Å². The minimum atomic E-state index is 0.473. The highest BCUT2D eigenvalue weighted by atomic mass is 35.5. The number of aromatic nitrogens is 1. The molecule has 0 aliphatic carbocycles. The zero-order chi connectivity index (χ0) is 18.5. The van der Waals surface area contributed by atoms with Crippen LogP contribution in [-0.4, -0.2) is 4.98 Å². The lowest BCUT2D eigenvalue weighted by molar-refractivity contribution is 1.14. The van der Waals surface area contributed by atoms with Crippen molar-refractivity contribution in [1.82, 2.24) is 4.98 Å². The van der Waals surface area contributed by atoms with Crippen LogP contribution in [0.15, 0.2) is 54.0 Å². The van der Waals surface area contributed by atoms with Gasteiger partial charge in [0, 0.05) is 22.8 Å². The van der Waals surface area contributed by atoms with E-state index in [0.717, 1.165) is 23.4 Å². The predicted octanol–water partition coefficient (Wildman–Crippen LogP) is 6.66. The van der Waals surface area contributed by atoms with E-state index >= 15 is 0 Å². The summed E-state index contributed by atoms with van der Waals surface area (Å²) in [4.78, 5) is 4.55. The van der Waals surface area contributed by atoms with Crippen LogP contribution in [0.2, 0.25) is 10.0 Å². The van der Waals surface area contributed by atoms with Gasteiger partial charge in [0.15, 0.2) is 0 Å². The lowest BCUT2D eigenvalue weighted by Gasteiger charge is -2.03. The van der Waals surface area contributed by atoms with Gasteiger partial charge < -0.3 is 5.32 Å². The molecule has 3 nitrogen and oxygen atoms in total. The van der Waals surface area contributed by atoms with E-state index in [0.29, 0.717) is 20.6 Å². The van der Waals surface area contributed by atoms with Gasteiger partial charge in [0.2, 0.25) is 0 Å². The van der Waals surface area contributed by atoms with Gasteiger partial charge in [-0.15, -0.1) is 11.3 Å². The molecule has 0 radical (unpaired) electrons. The zero-order valence-corrected chi connectivity index (χ0v) is 16.3. The van der Waals surface area contributed by atoms with Gasteiger partial charge in [0.25, 0.3) is 0 Å². The summed E-state index contributed by atoms with van der Waals surface area (Å²) in [6.07, 6.45) is 2.68. The third kappa shape index (κ3) is 4.25. The lowest BCUT2D eigenvalue weighted by Crippen LogP contribution is -1.91. The Balaban J connectivity index is 1.81. The third-order valence-electron chi connectivity index (χ3n) is 3.82. The van der Waals surface area contributed by atoms with Gasteiger partial charge in [-0.2, -0.15) is 5.26 Å². The lowest BCUT2D eigenvalue weighted by atomic mass is 10.1. The fraction of sp³-hybridized carbons (Fsp3) is 0.100. The standard InChI is InChI=1S/C20H15Cl2N3S/c1-2-13-3-6-16(7-4-13)24-11-15(10-23)20-25-19(12-26-20)14-5-8-17(21)18(22)9-14/h3-9,11-12,24H,2H2,1H3/b15-11-. The number of nitrogens with zero attached hydrogens (tertiary/aromatic N) is 2. The molecular weight excluding hydrogens is 385 g/mol. The van der Waals surface area contributed by atoms with Crippen LogP contribution < -0.4 is 5.32 Å². The van der Waals surface area contributed by atoms with Crippen LogP contribution in [0.3, 0.4) is 0 Å². The summed E-state index contributed by atoms with van der Waals surface area (Å²) in [7, 11) is 0. The number of hydrogen-bond donors (Lipinski definition) is 1. The Labute approximate surface area is 166 Å². The maximum Gasteiger partial charge on any atom is 0.136 e. The number of halogens is 2. The molecule has 0 atom stereocenters. The number of benzene rings is 2. The average molecular weight is 400 g/mol. The molecule has 0 aliphatic heterocycles. The molecular formula is C20H15Cl2N3S. The molecule has 0 unspecified atom stereocenters. The Kier molecular flexibility index (Phi) is 5.95. The monoisotopic (exact) mass is 399 g/mol. The molecule has 3 rings (SSSR count). The van der Waals surface area contributed by atoms with Crippen molar-refractivity contribution in [2.24, 2.45) is 0 Å². The highest BCUT2D eigenvalue weighted by molar-refractivity contribution is 7.11. The maximum absolute atomic E-state index is 9.47. The van der Waals surface area contributed by atoms with Crippen LogP contribution >= 0.6 is 34.5 Å². The summed E-state index contributed by atoms with van der Waals surface area (Å²) in [6, 6.07) is 15.7. The fourth-order valence-corrected chi connectivity index (χ4v) is 3.41. The maximum atomic E-state index is 9.47. The third-order valence-corrected chi connectivity index (χ3v) is 5.43. The second-order valence-corrected chi connectivity index (χ2v) is 7.20. The second kappa shape index (κ2) is 8.37. The molecule has 2 aromatic carbocycles. The van der Waals surface area contributed by atoms with Gasteiger partial charge >= 0.3 is 0 Å². The smallest absolute Gasteiger partial charge is 0.136 e. The Morgan fingerprint density at radius 3 is 2.62 bits per heavy atom. The molecule has 0 bridgehead atoms. The highest BCUT2D eigenvalue weighted by Gasteiger charge is 2.10. The first-order chi connectivity index (χ1) is 12.6. The molecule has 1 heterocycles. The van der Waals surface area contributed by atoms with Gasteiger partial charge in [0.05, 0.1) is 15.7 Å². The van der Waals surface area contributed by atoms with E-state index in [1.54, 1.807) is 18.3 Å². The molecule has 0 fully saturated rings. The van der Waals surface area contributed by atoms with Crippen LogP contribution in [0.5, 0.6) is 0 Å². The first-order valence-electron chi connectivity index (χ1n) is 7.97. The molecule has 0 saturated heterocycles. The number of rotatable bonds is 5.